The summed E-state index contributed by atoms with van der Waals surface area (Å²) < 4.78 is 11.8. The summed E-state index contributed by atoms with van der Waals surface area (Å²) >= 11 is 7.65. The van der Waals surface area contributed by atoms with Crippen molar-refractivity contribution in [3.05, 3.63) is 50.7 Å². The van der Waals surface area contributed by atoms with Gasteiger partial charge in [0.05, 0.1) is 17.6 Å². The molecule has 2 aromatic rings. The van der Waals surface area contributed by atoms with Crippen LogP contribution in [0, 0.1) is 0 Å². The molecule has 8 heteroatoms. The minimum absolute atomic E-state index is 0.458. The fourth-order valence-electron chi connectivity index (χ4n) is 3.17. The van der Waals surface area contributed by atoms with E-state index in [1.54, 1.807) is 0 Å². The van der Waals surface area contributed by atoms with Gasteiger partial charge in [-0.1, -0.05) is 30.7 Å². The van der Waals surface area contributed by atoms with Gasteiger partial charge >= 0.3 is 0 Å². The van der Waals surface area contributed by atoms with Gasteiger partial charge in [0.25, 0.3) is 0 Å². The molecule has 154 valence electrons. The van der Waals surface area contributed by atoms with E-state index in [4.69, 9.17) is 21.1 Å². The lowest BCUT2D eigenvalue weighted by atomic mass is 9.94. The Bertz CT molecular complexity index is 763. The average molecular weight is 429 g/mol. The molecule has 0 radical (unpaired) electrons. The van der Waals surface area contributed by atoms with Gasteiger partial charge in [0.2, 0.25) is 0 Å². The van der Waals surface area contributed by atoms with Gasteiger partial charge < -0.3 is 29.9 Å². The highest BCUT2D eigenvalue weighted by Crippen LogP contribution is 2.39. The Morgan fingerprint density at radius 1 is 1.11 bits per heavy atom. The van der Waals surface area contributed by atoms with Crippen molar-refractivity contribution in [3.63, 3.8) is 0 Å². The molecule has 6 nitrogen and oxygen atoms in total. The van der Waals surface area contributed by atoms with Gasteiger partial charge in [0, 0.05) is 4.88 Å². The predicted octanol–water partition coefficient (Wildman–Crippen LogP) is 2.30. The fraction of sp³-hybridized carbons (Fsp3) is 0.500. The van der Waals surface area contributed by atoms with Crippen LogP contribution < -0.4 is 4.74 Å². The highest BCUT2D eigenvalue weighted by molar-refractivity contribution is 7.16. The molecule has 1 aliphatic rings. The van der Waals surface area contributed by atoms with E-state index in [1.165, 1.54) is 11.3 Å². The van der Waals surface area contributed by atoms with Crippen LogP contribution in [0.5, 0.6) is 5.75 Å². The number of aliphatic hydroxyl groups excluding tert-OH is 4. The van der Waals surface area contributed by atoms with Crippen molar-refractivity contribution in [2.75, 3.05) is 13.2 Å². The number of thiophene rings is 1. The second-order valence-corrected chi connectivity index (χ2v) is 8.55. The third kappa shape index (κ3) is 4.68. The van der Waals surface area contributed by atoms with E-state index >= 15 is 0 Å². The van der Waals surface area contributed by atoms with Gasteiger partial charge in [-0.3, -0.25) is 0 Å². The predicted molar refractivity (Wildman–Crippen MR) is 107 cm³/mol. The number of aliphatic hydroxyl groups is 4. The molecule has 0 saturated carbocycles. The summed E-state index contributed by atoms with van der Waals surface area (Å²) in [4.78, 5) is 0.639. The Morgan fingerprint density at radius 2 is 1.82 bits per heavy atom. The monoisotopic (exact) mass is 428 g/mol. The molecule has 1 saturated heterocycles. The van der Waals surface area contributed by atoms with Crippen LogP contribution >= 0.6 is 22.9 Å². The van der Waals surface area contributed by atoms with Crippen molar-refractivity contribution in [1.82, 2.24) is 0 Å². The first-order chi connectivity index (χ1) is 13.4. The molecule has 1 aromatic carbocycles. The molecule has 0 spiro atoms. The molecule has 5 atom stereocenters. The highest BCUT2D eigenvalue weighted by atomic mass is 35.5. The minimum atomic E-state index is -1.41. The zero-order valence-corrected chi connectivity index (χ0v) is 17.1. The summed E-state index contributed by atoms with van der Waals surface area (Å²) in [5.41, 5.74) is 1.93. The van der Waals surface area contributed by atoms with Gasteiger partial charge in [-0.05, 0) is 42.2 Å². The Balaban J connectivity index is 1.74. The van der Waals surface area contributed by atoms with Crippen LogP contribution in [0.3, 0.4) is 0 Å². The van der Waals surface area contributed by atoms with Gasteiger partial charge in [-0.25, -0.2) is 0 Å². The van der Waals surface area contributed by atoms with E-state index in [0.717, 1.165) is 23.3 Å². The summed E-state index contributed by atoms with van der Waals surface area (Å²) in [6, 6.07) is 9.63. The van der Waals surface area contributed by atoms with Gasteiger partial charge in [-0.2, -0.15) is 0 Å². The van der Waals surface area contributed by atoms with Crippen LogP contribution in [-0.4, -0.2) is 58.1 Å². The van der Waals surface area contributed by atoms with Crippen LogP contribution in [0.25, 0.3) is 0 Å². The zero-order chi connectivity index (χ0) is 20.3. The molecule has 0 aliphatic carbocycles. The normalized spacial score (nSPS) is 27.7. The van der Waals surface area contributed by atoms with Crippen molar-refractivity contribution in [2.24, 2.45) is 0 Å². The number of hydrogen-bond donors (Lipinski definition) is 4. The van der Waals surface area contributed by atoms with Crippen LogP contribution in [-0.2, 0) is 11.2 Å². The maximum Gasteiger partial charge on any atom is 0.121 e. The molecule has 28 heavy (non-hydrogen) atoms. The standard InChI is InChI=1S/C20H25ClO6S/c1-2-7-26-13-5-3-11(4-6-13)8-12-9-15(28-20(12)21)19-18(25)17(24)16(23)14(10-22)27-19/h3-6,9,14,16-19,22-25H,2,7-8,10H2,1H3/t14-,16-,17?,18-,19+/m1/s1. The van der Waals surface area contributed by atoms with Crippen molar-refractivity contribution >= 4 is 22.9 Å². The molecule has 1 aliphatic heterocycles. The molecule has 3 rings (SSSR count). The molecular formula is C20H25ClO6S. The fourth-order valence-corrected chi connectivity index (χ4v) is 4.54. The Morgan fingerprint density at radius 3 is 2.46 bits per heavy atom. The molecule has 1 unspecified atom stereocenters. The first kappa shape index (κ1) is 21.5. The maximum absolute atomic E-state index is 10.3. The van der Waals surface area contributed by atoms with Gasteiger partial charge in [0.15, 0.2) is 0 Å². The molecule has 2 heterocycles. The Hall–Kier alpha value is -1.19. The summed E-state index contributed by atoms with van der Waals surface area (Å²) in [5, 5.41) is 39.6. The quantitative estimate of drug-likeness (QED) is 0.540. The second kappa shape index (κ2) is 9.54. The van der Waals surface area contributed by atoms with E-state index in [2.05, 4.69) is 6.92 Å². The summed E-state index contributed by atoms with van der Waals surface area (Å²) in [7, 11) is 0. The molecule has 1 fully saturated rings. The van der Waals surface area contributed by atoms with E-state index in [-0.39, 0.29) is 0 Å². The third-order valence-electron chi connectivity index (χ3n) is 4.74. The smallest absolute Gasteiger partial charge is 0.121 e. The maximum atomic E-state index is 10.3. The number of halogens is 1. The second-order valence-electron chi connectivity index (χ2n) is 6.87. The van der Waals surface area contributed by atoms with Crippen LogP contribution in [0.1, 0.15) is 35.5 Å². The Kier molecular flexibility index (Phi) is 7.33. The van der Waals surface area contributed by atoms with Crippen molar-refractivity contribution in [3.8, 4) is 5.75 Å². The third-order valence-corrected chi connectivity index (χ3v) is 6.24. The average Bonchev–Trinajstić information content (AvgIpc) is 3.06. The molecular weight excluding hydrogens is 404 g/mol. The lowest BCUT2D eigenvalue weighted by Gasteiger charge is -2.39. The molecule has 0 bridgehead atoms. The van der Waals surface area contributed by atoms with Gasteiger partial charge in [-0.15, -0.1) is 11.3 Å². The lowest BCUT2D eigenvalue weighted by molar-refractivity contribution is -0.230. The largest absolute Gasteiger partial charge is 0.494 e. The summed E-state index contributed by atoms with van der Waals surface area (Å²) in [6.45, 7) is 2.28. The number of hydrogen-bond acceptors (Lipinski definition) is 7. The first-order valence-electron chi connectivity index (χ1n) is 9.25. The van der Waals surface area contributed by atoms with E-state index in [1.807, 2.05) is 30.3 Å². The Labute approximate surface area is 172 Å². The highest BCUT2D eigenvalue weighted by Gasteiger charge is 2.44. The topological polar surface area (TPSA) is 99.4 Å². The number of rotatable bonds is 7. The van der Waals surface area contributed by atoms with E-state index < -0.39 is 37.1 Å². The van der Waals surface area contributed by atoms with Crippen molar-refractivity contribution in [2.45, 2.75) is 50.3 Å². The van der Waals surface area contributed by atoms with Crippen LogP contribution in [0.2, 0.25) is 4.34 Å². The summed E-state index contributed by atoms with van der Waals surface area (Å²) in [5.74, 6) is 0.823. The van der Waals surface area contributed by atoms with Crippen molar-refractivity contribution < 1.29 is 29.9 Å². The van der Waals surface area contributed by atoms with Crippen LogP contribution in [0.4, 0.5) is 0 Å². The van der Waals surface area contributed by atoms with E-state index in [0.29, 0.717) is 22.2 Å². The SMILES string of the molecule is CCCOc1ccc(Cc2cc([C@@H]3O[C@H](CO)[C@@H](O)C(O)[C@H]3O)sc2Cl)cc1. The molecule has 4 N–H and O–H groups in total. The molecule has 1 aromatic heterocycles. The van der Waals surface area contributed by atoms with E-state index in [9.17, 15) is 20.4 Å². The van der Waals surface area contributed by atoms with Crippen LogP contribution in [0.15, 0.2) is 30.3 Å². The zero-order valence-electron chi connectivity index (χ0n) is 15.5. The van der Waals surface area contributed by atoms with Gasteiger partial charge in [0.1, 0.15) is 36.3 Å². The summed E-state index contributed by atoms with van der Waals surface area (Å²) in [6.07, 6.45) is -4.35. The van der Waals surface area contributed by atoms with Crippen molar-refractivity contribution in [1.29, 1.82) is 0 Å². The number of ether oxygens (including phenoxy) is 2. The first-order valence-corrected chi connectivity index (χ1v) is 10.4. The number of benzene rings is 1. The lowest BCUT2D eigenvalue weighted by Crippen LogP contribution is -2.55. The molecule has 0 amide bonds. The minimum Gasteiger partial charge on any atom is -0.494 e.